The maximum absolute atomic E-state index is 13.1. The molecule has 6 heteroatoms. The lowest BCUT2D eigenvalue weighted by atomic mass is 9.89. The van der Waals surface area contributed by atoms with Crippen molar-refractivity contribution in [3.63, 3.8) is 0 Å². The van der Waals surface area contributed by atoms with Crippen LogP contribution in [0.3, 0.4) is 0 Å². The Morgan fingerprint density at radius 2 is 1.90 bits per heavy atom. The highest BCUT2D eigenvalue weighted by molar-refractivity contribution is 7.21. The van der Waals surface area contributed by atoms with Gasteiger partial charge in [0.05, 0.1) is 17.9 Å². The van der Waals surface area contributed by atoms with Crippen LogP contribution in [0.1, 0.15) is 53.1 Å². The number of aromatic nitrogens is 1. The van der Waals surface area contributed by atoms with Crippen molar-refractivity contribution >= 4 is 38.8 Å². The first-order valence-electron chi connectivity index (χ1n) is 10.2. The first-order chi connectivity index (χ1) is 13.9. The Morgan fingerprint density at radius 1 is 1.17 bits per heavy atom. The Bertz CT molecular complexity index is 1100. The van der Waals surface area contributed by atoms with Crippen molar-refractivity contribution in [1.82, 2.24) is 4.98 Å². The first kappa shape index (κ1) is 18.6. The van der Waals surface area contributed by atoms with Crippen LogP contribution < -0.4 is 10.6 Å². The zero-order valence-corrected chi connectivity index (χ0v) is 17.6. The molecule has 5 nitrogen and oxygen atoms in total. The minimum atomic E-state index is -0.262. The predicted octanol–water partition coefficient (Wildman–Crippen LogP) is 4.56. The maximum Gasteiger partial charge on any atom is 0.205 e. The van der Waals surface area contributed by atoms with Gasteiger partial charge in [0.15, 0.2) is 0 Å². The molecular weight excluding hydrogens is 382 g/mol. The molecule has 1 aromatic carbocycles. The fourth-order valence-corrected chi connectivity index (χ4v) is 5.51. The molecule has 0 spiro atoms. The van der Waals surface area contributed by atoms with Crippen molar-refractivity contribution in [2.24, 2.45) is 0 Å². The molecule has 5 rings (SSSR count). The number of carbonyl (C=O) groups excluding carboxylic acids is 1. The van der Waals surface area contributed by atoms with E-state index in [-0.39, 0.29) is 11.4 Å². The van der Waals surface area contributed by atoms with Crippen molar-refractivity contribution in [2.75, 3.05) is 23.7 Å². The van der Waals surface area contributed by atoms with Crippen molar-refractivity contribution in [3.8, 4) is 0 Å². The number of ether oxygens (including phenoxy) is 1. The number of pyridine rings is 1. The number of hydrogen-bond acceptors (Lipinski definition) is 6. The van der Waals surface area contributed by atoms with Crippen molar-refractivity contribution in [1.29, 1.82) is 0 Å². The van der Waals surface area contributed by atoms with E-state index in [1.807, 2.05) is 30.3 Å². The molecule has 3 aromatic rings. The number of nitrogen functional groups attached to an aromatic ring is 1. The van der Waals surface area contributed by atoms with Crippen LogP contribution in [0.2, 0.25) is 0 Å². The molecule has 0 unspecified atom stereocenters. The normalized spacial score (nSPS) is 18.2. The zero-order valence-electron chi connectivity index (χ0n) is 16.8. The van der Waals surface area contributed by atoms with Gasteiger partial charge in [0.25, 0.3) is 0 Å². The predicted molar refractivity (Wildman–Crippen MR) is 118 cm³/mol. The molecule has 29 heavy (non-hydrogen) atoms. The molecule has 150 valence electrons. The smallest absolute Gasteiger partial charge is 0.205 e. The zero-order chi connectivity index (χ0) is 20.2. The molecule has 2 N–H and O–H groups in total. The molecule has 0 atom stereocenters. The highest BCUT2D eigenvalue weighted by atomic mass is 32.1. The number of fused-ring (bicyclic) bond motifs is 3. The molecule has 0 saturated carbocycles. The van der Waals surface area contributed by atoms with Crippen LogP contribution in [0, 0.1) is 0 Å². The minimum absolute atomic E-state index is 0.0334. The van der Waals surface area contributed by atoms with E-state index >= 15 is 0 Å². The van der Waals surface area contributed by atoms with Crippen LogP contribution in [0.25, 0.3) is 10.2 Å². The highest BCUT2D eigenvalue weighted by Crippen LogP contribution is 2.44. The lowest BCUT2D eigenvalue weighted by Gasteiger charge is -2.34. The summed E-state index contributed by atoms with van der Waals surface area (Å²) in [5.74, 6) is 0.981. The van der Waals surface area contributed by atoms with Crippen LogP contribution >= 0.6 is 11.3 Å². The second-order valence-corrected chi connectivity index (χ2v) is 9.53. The number of thiophene rings is 1. The van der Waals surface area contributed by atoms with Gasteiger partial charge in [0, 0.05) is 36.0 Å². The molecule has 0 radical (unpaired) electrons. The Morgan fingerprint density at radius 3 is 2.62 bits per heavy atom. The number of hydrogen-bond donors (Lipinski definition) is 1. The number of rotatable bonds is 3. The molecule has 0 bridgehead atoms. The largest absolute Gasteiger partial charge is 0.397 e. The lowest BCUT2D eigenvalue weighted by molar-refractivity contribution is -0.0395. The van der Waals surface area contributed by atoms with Gasteiger partial charge in [0.1, 0.15) is 15.5 Å². The van der Waals surface area contributed by atoms with Gasteiger partial charge in [-0.05, 0) is 32.3 Å². The van der Waals surface area contributed by atoms with Gasteiger partial charge in [-0.15, -0.1) is 11.3 Å². The summed E-state index contributed by atoms with van der Waals surface area (Å²) in [6.07, 6.45) is 3.14. The Kier molecular flexibility index (Phi) is 4.37. The monoisotopic (exact) mass is 407 g/mol. The number of ketones is 1. The van der Waals surface area contributed by atoms with Crippen molar-refractivity contribution < 1.29 is 9.53 Å². The molecule has 0 amide bonds. The van der Waals surface area contributed by atoms with E-state index < -0.39 is 0 Å². The molecule has 1 fully saturated rings. The lowest BCUT2D eigenvalue weighted by Crippen LogP contribution is -2.34. The number of carbonyl (C=O) groups is 1. The van der Waals surface area contributed by atoms with Crippen LogP contribution in [0.5, 0.6) is 0 Å². The summed E-state index contributed by atoms with van der Waals surface area (Å²) in [6.45, 7) is 6.79. The molecule has 1 saturated heterocycles. The molecule has 2 aliphatic rings. The van der Waals surface area contributed by atoms with Gasteiger partial charge in [-0.25, -0.2) is 4.98 Å². The highest BCUT2D eigenvalue weighted by Gasteiger charge is 2.34. The van der Waals surface area contributed by atoms with Gasteiger partial charge in [-0.3, -0.25) is 4.79 Å². The van der Waals surface area contributed by atoms with Gasteiger partial charge in [-0.2, -0.15) is 0 Å². The minimum Gasteiger partial charge on any atom is -0.397 e. The number of nitrogens with two attached hydrogens (primary N) is 1. The van der Waals surface area contributed by atoms with E-state index in [1.165, 1.54) is 29.7 Å². The maximum atomic E-state index is 13.1. The Labute approximate surface area is 174 Å². The summed E-state index contributed by atoms with van der Waals surface area (Å²) in [6, 6.07) is 9.33. The summed E-state index contributed by atoms with van der Waals surface area (Å²) < 4.78 is 6.13. The van der Waals surface area contributed by atoms with Gasteiger partial charge in [0.2, 0.25) is 5.78 Å². The van der Waals surface area contributed by atoms with E-state index in [0.717, 1.165) is 41.1 Å². The van der Waals surface area contributed by atoms with Crippen molar-refractivity contribution in [2.45, 2.75) is 45.3 Å². The molecule has 2 aromatic heterocycles. The third-order valence-corrected chi connectivity index (χ3v) is 7.03. The summed E-state index contributed by atoms with van der Waals surface area (Å²) in [5.41, 5.74) is 9.89. The van der Waals surface area contributed by atoms with E-state index in [1.54, 1.807) is 0 Å². The molecule has 2 aliphatic heterocycles. The third-order valence-electron chi connectivity index (χ3n) is 5.93. The summed E-state index contributed by atoms with van der Waals surface area (Å²) in [7, 11) is 0. The third kappa shape index (κ3) is 3.11. The number of nitrogens with zero attached hydrogens (tertiary/aromatic N) is 2. The van der Waals surface area contributed by atoms with Gasteiger partial charge in [-0.1, -0.05) is 30.3 Å². The van der Waals surface area contributed by atoms with Crippen LogP contribution in [0.15, 0.2) is 30.3 Å². The SMILES string of the molecule is CC1(C)Cc2c(c(N3CCCC3)nc3sc(C(=O)c4ccccc4)c(N)c23)CO1. The quantitative estimate of drug-likeness (QED) is 0.645. The van der Waals surface area contributed by atoms with Crippen LogP contribution in [-0.2, 0) is 17.8 Å². The summed E-state index contributed by atoms with van der Waals surface area (Å²) in [4.78, 5) is 22.0. The van der Waals surface area contributed by atoms with E-state index in [0.29, 0.717) is 22.7 Å². The Hall–Kier alpha value is -2.44. The Balaban J connectivity index is 1.72. The van der Waals surface area contributed by atoms with Crippen LogP contribution in [0.4, 0.5) is 11.5 Å². The fourth-order valence-electron chi connectivity index (χ4n) is 4.42. The summed E-state index contributed by atoms with van der Waals surface area (Å²) >= 11 is 1.42. The average Bonchev–Trinajstić information content (AvgIpc) is 3.35. The van der Waals surface area contributed by atoms with E-state index in [4.69, 9.17) is 15.5 Å². The second kappa shape index (κ2) is 6.82. The molecule has 4 heterocycles. The van der Waals surface area contributed by atoms with Crippen LogP contribution in [-0.4, -0.2) is 29.5 Å². The molecular formula is C23H25N3O2S. The van der Waals surface area contributed by atoms with Gasteiger partial charge < -0.3 is 15.4 Å². The fraction of sp³-hybridized carbons (Fsp3) is 0.391. The number of benzene rings is 1. The second-order valence-electron chi connectivity index (χ2n) is 8.53. The van der Waals surface area contributed by atoms with Gasteiger partial charge >= 0.3 is 0 Å². The topological polar surface area (TPSA) is 68.5 Å². The summed E-state index contributed by atoms with van der Waals surface area (Å²) in [5, 5.41) is 0.948. The molecule has 0 aliphatic carbocycles. The van der Waals surface area contributed by atoms with E-state index in [9.17, 15) is 4.79 Å². The number of anilines is 2. The van der Waals surface area contributed by atoms with E-state index in [2.05, 4.69) is 18.7 Å². The van der Waals surface area contributed by atoms with Crippen molar-refractivity contribution in [3.05, 3.63) is 51.9 Å². The average molecular weight is 408 g/mol. The standard InChI is InChI=1S/C23H25N3O2S/c1-23(2)12-15-16(13-28-23)21(26-10-6-7-11-26)25-22-17(15)18(24)20(29-22)19(27)14-8-4-3-5-9-14/h3-5,8-9H,6-7,10-13,24H2,1-2H3. The first-order valence-corrected chi connectivity index (χ1v) is 11.0.